The van der Waals surface area contributed by atoms with E-state index in [1.165, 1.54) is 12.8 Å². The van der Waals surface area contributed by atoms with Crippen LogP contribution in [0.3, 0.4) is 0 Å². The lowest BCUT2D eigenvalue weighted by molar-refractivity contribution is -0.135. The predicted molar refractivity (Wildman–Crippen MR) is 98.8 cm³/mol. The molecule has 2 heterocycles. The molecule has 1 saturated carbocycles. The summed E-state index contributed by atoms with van der Waals surface area (Å²) in [4.78, 5) is 26.8. The van der Waals surface area contributed by atoms with Crippen LogP contribution in [-0.4, -0.2) is 64.4 Å². The van der Waals surface area contributed by atoms with Crippen LogP contribution in [0, 0.1) is 6.92 Å². The Morgan fingerprint density at radius 3 is 2.92 bits per heavy atom. The third-order valence-corrected chi connectivity index (χ3v) is 6.68. The van der Waals surface area contributed by atoms with Gasteiger partial charge in [-0.3, -0.25) is 14.5 Å². The number of amides is 2. The first-order valence-corrected chi connectivity index (χ1v) is 10.7. The first-order valence-electron chi connectivity index (χ1n) is 8.86. The number of carbonyl (C=O) groups excluding carboxylic acids is 2. The normalized spacial score (nSPS) is 22.1. The smallest absolute Gasteiger partial charge is 0.237 e. The molecule has 0 aromatic carbocycles. The summed E-state index contributed by atoms with van der Waals surface area (Å²) in [5.41, 5.74) is 0. The van der Waals surface area contributed by atoms with Crippen LogP contribution in [0.4, 0.5) is 0 Å². The molecule has 9 heteroatoms. The highest BCUT2D eigenvalue weighted by molar-refractivity contribution is 8.01. The third kappa shape index (κ3) is 5.15. The molecule has 1 atom stereocenters. The van der Waals surface area contributed by atoms with Crippen LogP contribution in [-0.2, 0) is 9.59 Å². The van der Waals surface area contributed by atoms with Gasteiger partial charge in [0, 0.05) is 31.4 Å². The molecule has 1 saturated heterocycles. The van der Waals surface area contributed by atoms with E-state index in [-0.39, 0.29) is 24.3 Å². The van der Waals surface area contributed by atoms with E-state index in [0.717, 1.165) is 34.5 Å². The number of rotatable bonds is 7. The van der Waals surface area contributed by atoms with Crippen LogP contribution in [0.25, 0.3) is 0 Å². The molecule has 0 radical (unpaired) electrons. The summed E-state index contributed by atoms with van der Waals surface area (Å²) in [6.45, 7) is 4.03. The predicted octanol–water partition coefficient (Wildman–Crippen LogP) is 1.19. The number of thioether (sulfide) groups is 1. The van der Waals surface area contributed by atoms with Crippen LogP contribution in [0.1, 0.15) is 37.1 Å². The first-order chi connectivity index (χ1) is 12.1. The van der Waals surface area contributed by atoms with Gasteiger partial charge in [-0.2, -0.15) is 0 Å². The Labute approximate surface area is 156 Å². The number of nitrogens with zero attached hydrogens (tertiary/aromatic N) is 3. The molecule has 1 aromatic rings. The van der Waals surface area contributed by atoms with Crippen LogP contribution in [0.5, 0.6) is 0 Å². The number of aromatic nitrogens is 2. The van der Waals surface area contributed by atoms with Crippen molar-refractivity contribution in [3.8, 4) is 0 Å². The van der Waals surface area contributed by atoms with Crippen molar-refractivity contribution in [3.63, 3.8) is 0 Å². The summed E-state index contributed by atoms with van der Waals surface area (Å²) < 4.78 is 0.922. The molecule has 2 fully saturated rings. The van der Waals surface area contributed by atoms with E-state index >= 15 is 0 Å². The average molecular weight is 384 g/mol. The van der Waals surface area contributed by atoms with Gasteiger partial charge in [0.1, 0.15) is 5.01 Å². The molecule has 1 aliphatic heterocycles. The van der Waals surface area contributed by atoms with E-state index in [2.05, 4.69) is 25.7 Å². The SMILES string of the molecule is Cc1nnc(SCCNC(=O)C[C@H]2C(=O)NCCN2C2CCCC2)s1. The third-order valence-electron chi connectivity index (χ3n) is 4.70. The highest BCUT2D eigenvalue weighted by Crippen LogP contribution is 2.27. The van der Waals surface area contributed by atoms with Crippen molar-refractivity contribution in [2.45, 2.75) is 55.5 Å². The van der Waals surface area contributed by atoms with E-state index < -0.39 is 0 Å². The standard InChI is InChI=1S/C16H25N5O2S2/c1-11-19-20-16(25-11)24-9-7-17-14(22)10-13-15(23)18-6-8-21(13)12-4-2-3-5-12/h12-13H,2-10H2,1H3,(H,17,22)(H,18,23)/t13-/m0/s1. The number of aryl methyl sites for hydroxylation is 1. The molecular weight excluding hydrogens is 358 g/mol. The van der Waals surface area contributed by atoms with Crippen molar-refractivity contribution in [1.82, 2.24) is 25.7 Å². The highest BCUT2D eigenvalue weighted by Gasteiger charge is 2.36. The van der Waals surface area contributed by atoms with Gasteiger partial charge in [0.25, 0.3) is 0 Å². The van der Waals surface area contributed by atoms with Gasteiger partial charge >= 0.3 is 0 Å². The lowest BCUT2D eigenvalue weighted by atomic mass is 10.0. The minimum Gasteiger partial charge on any atom is -0.355 e. The molecule has 0 spiro atoms. The number of carbonyl (C=O) groups is 2. The number of piperazine rings is 1. The maximum Gasteiger partial charge on any atom is 0.237 e. The van der Waals surface area contributed by atoms with Crippen LogP contribution < -0.4 is 10.6 Å². The van der Waals surface area contributed by atoms with Crippen molar-refractivity contribution in [3.05, 3.63) is 5.01 Å². The lowest BCUT2D eigenvalue weighted by Crippen LogP contribution is -2.59. The Hall–Kier alpha value is -1.19. The van der Waals surface area contributed by atoms with Crippen molar-refractivity contribution in [1.29, 1.82) is 0 Å². The Morgan fingerprint density at radius 2 is 2.20 bits per heavy atom. The van der Waals surface area contributed by atoms with Gasteiger partial charge in [0.05, 0.1) is 12.5 Å². The van der Waals surface area contributed by atoms with Gasteiger partial charge in [0.15, 0.2) is 4.34 Å². The largest absolute Gasteiger partial charge is 0.355 e. The van der Waals surface area contributed by atoms with E-state index in [9.17, 15) is 9.59 Å². The summed E-state index contributed by atoms with van der Waals surface area (Å²) in [6.07, 6.45) is 4.98. The summed E-state index contributed by atoms with van der Waals surface area (Å²) in [5.74, 6) is 0.690. The minimum atomic E-state index is -0.324. The fourth-order valence-corrected chi connectivity index (χ4v) is 5.27. The zero-order valence-corrected chi connectivity index (χ0v) is 16.1. The van der Waals surface area contributed by atoms with E-state index in [1.54, 1.807) is 23.1 Å². The fourth-order valence-electron chi connectivity index (χ4n) is 3.53. The van der Waals surface area contributed by atoms with Gasteiger partial charge in [-0.1, -0.05) is 35.9 Å². The van der Waals surface area contributed by atoms with Crippen molar-refractivity contribution in [2.75, 3.05) is 25.4 Å². The second-order valence-electron chi connectivity index (χ2n) is 6.47. The van der Waals surface area contributed by atoms with Gasteiger partial charge in [-0.15, -0.1) is 10.2 Å². The molecule has 138 valence electrons. The van der Waals surface area contributed by atoms with E-state index in [4.69, 9.17) is 0 Å². The number of hydrogen-bond donors (Lipinski definition) is 2. The Bertz CT molecular complexity index is 603. The molecule has 0 unspecified atom stereocenters. The fraction of sp³-hybridized carbons (Fsp3) is 0.750. The minimum absolute atomic E-state index is 0.00740. The molecule has 1 aliphatic carbocycles. The van der Waals surface area contributed by atoms with Gasteiger partial charge in [-0.05, 0) is 19.8 Å². The molecule has 3 rings (SSSR count). The molecule has 0 bridgehead atoms. The highest BCUT2D eigenvalue weighted by atomic mass is 32.2. The molecule has 2 N–H and O–H groups in total. The molecule has 25 heavy (non-hydrogen) atoms. The van der Waals surface area contributed by atoms with Crippen LogP contribution in [0.15, 0.2) is 4.34 Å². The van der Waals surface area contributed by atoms with Gasteiger partial charge in [-0.25, -0.2) is 0 Å². The quantitative estimate of drug-likeness (QED) is 0.543. The molecule has 7 nitrogen and oxygen atoms in total. The molecule has 1 aromatic heterocycles. The summed E-state index contributed by atoms with van der Waals surface area (Å²) in [6, 6.07) is 0.135. The van der Waals surface area contributed by atoms with E-state index in [0.29, 0.717) is 19.1 Å². The summed E-state index contributed by atoms with van der Waals surface area (Å²) in [5, 5.41) is 14.8. The van der Waals surface area contributed by atoms with Crippen LogP contribution >= 0.6 is 23.1 Å². The lowest BCUT2D eigenvalue weighted by Gasteiger charge is -2.38. The van der Waals surface area contributed by atoms with Crippen molar-refractivity contribution in [2.24, 2.45) is 0 Å². The second-order valence-corrected chi connectivity index (χ2v) is 9.00. The van der Waals surface area contributed by atoms with Crippen molar-refractivity contribution >= 4 is 34.9 Å². The summed E-state index contributed by atoms with van der Waals surface area (Å²) >= 11 is 3.15. The first kappa shape index (κ1) is 18.6. The zero-order valence-electron chi connectivity index (χ0n) is 14.5. The average Bonchev–Trinajstić information content (AvgIpc) is 3.25. The maximum absolute atomic E-state index is 12.3. The topological polar surface area (TPSA) is 87.2 Å². The van der Waals surface area contributed by atoms with E-state index in [1.807, 2.05) is 6.92 Å². The Balaban J connectivity index is 1.43. The molecular formula is C16H25N5O2S2. The van der Waals surface area contributed by atoms with Gasteiger partial charge in [0.2, 0.25) is 11.8 Å². The van der Waals surface area contributed by atoms with Gasteiger partial charge < -0.3 is 10.6 Å². The maximum atomic E-state index is 12.3. The monoisotopic (exact) mass is 383 g/mol. The number of hydrogen-bond acceptors (Lipinski definition) is 7. The molecule has 2 aliphatic rings. The number of nitrogens with one attached hydrogen (secondary N) is 2. The molecule has 2 amide bonds. The second kappa shape index (κ2) is 8.95. The van der Waals surface area contributed by atoms with Crippen molar-refractivity contribution < 1.29 is 9.59 Å². The zero-order chi connectivity index (χ0) is 17.6. The summed E-state index contributed by atoms with van der Waals surface area (Å²) in [7, 11) is 0. The Kier molecular flexibility index (Phi) is 6.66. The Morgan fingerprint density at radius 1 is 1.40 bits per heavy atom. The van der Waals surface area contributed by atoms with Crippen LogP contribution in [0.2, 0.25) is 0 Å².